The van der Waals surface area contributed by atoms with Gasteiger partial charge in [0, 0.05) is 18.5 Å². The Morgan fingerprint density at radius 2 is 1.70 bits per heavy atom. The van der Waals surface area contributed by atoms with Crippen molar-refractivity contribution in [3.63, 3.8) is 0 Å². The van der Waals surface area contributed by atoms with Gasteiger partial charge in [-0.2, -0.15) is 26.3 Å². The molecule has 0 aliphatic heterocycles. The van der Waals surface area contributed by atoms with E-state index in [-0.39, 0.29) is 0 Å². The van der Waals surface area contributed by atoms with E-state index < -0.39 is 51.9 Å². The van der Waals surface area contributed by atoms with Gasteiger partial charge in [0.1, 0.15) is 5.69 Å². The highest BCUT2D eigenvalue weighted by Crippen LogP contribution is 2.41. The molecule has 0 saturated carbocycles. The molecule has 2 aromatic rings. The number of nitrogens with zero attached hydrogens (tertiary/aromatic N) is 1. The maximum Gasteiger partial charge on any atom is 0.454 e. The number of benzene rings is 1. The molecule has 0 amide bonds. The van der Waals surface area contributed by atoms with E-state index >= 15 is 0 Å². The molecule has 0 bridgehead atoms. The molecule has 3 nitrogen and oxygen atoms in total. The highest BCUT2D eigenvalue weighted by molar-refractivity contribution is 6.12. The molecule has 23 heavy (non-hydrogen) atoms. The molecule has 1 aromatic heterocycles. The van der Waals surface area contributed by atoms with Gasteiger partial charge < -0.3 is 9.30 Å². The zero-order chi connectivity index (χ0) is 17.7. The summed E-state index contributed by atoms with van der Waals surface area (Å²) in [7, 11) is 1.79. The van der Waals surface area contributed by atoms with E-state index in [9.17, 15) is 35.5 Å². The molecule has 0 aliphatic carbocycles. The van der Waals surface area contributed by atoms with Crippen molar-refractivity contribution >= 4 is 16.7 Å². The molecule has 2 rings (SSSR count). The summed E-state index contributed by atoms with van der Waals surface area (Å²) in [5.74, 6) is -4.31. The predicted molar refractivity (Wildman–Crippen MR) is 64.8 cm³/mol. The molecule has 0 spiro atoms. The fraction of sp³-hybridized carbons (Fsp3) is 0.308. The molecule has 0 saturated heterocycles. The van der Waals surface area contributed by atoms with Gasteiger partial charge in [0.05, 0.1) is 18.2 Å². The van der Waals surface area contributed by atoms with Crippen molar-refractivity contribution in [1.82, 2.24) is 4.57 Å². The monoisotopic (exact) mass is 343 g/mol. The maximum absolute atomic E-state index is 13.6. The van der Waals surface area contributed by atoms with Crippen LogP contribution >= 0.6 is 0 Å². The molecule has 1 heterocycles. The van der Waals surface area contributed by atoms with Gasteiger partial charge in [-0.3, -0.25) is 4.79 Å². The van der Waals surface area contributed by atoms with Crippen molar-refractivity contribution in [2.24, 2.45) is 7.05 Å². The lowest BCUT2D eigenvalue weighted by Crippen LogP contribution is -2.26. The van der Waals surface area contributed by atoms with Gasteiger partial charge in [-0.1, -0.05) is 0 Å². The molecule has 0 radical (unpaired) electrons. The molecule has 126 valence electrons. The Labute approximate surface area is 124 Å². The van der Waals surface area contributed by atoms with Gasteiger partial charge in [0.15, 0.2) is 11.6 Å². The summed E-state index contributed by atoms with van der Waals surface area (Å²) in [5, 5.41) is -0.694. The van der Waals surface area contributed by atoms with Crippen LogP contribution in [0.3, 0.4) is 0 Å². The molecule has 0 atom stereocenters. The second-order valence-electron chi connectivity index (χ2n) is 4.61. The lowest BCUT2D eigenvalue weighted by atomic mass is 10.1. The number of aromatic nitrogens is 1. The summed E-state index contributed by atoms with van der Waals surface area (Å²) in [5.41, 5.74) is -3.90. The Hall–Kier alpha value is -2.26. The van der Waals surface area contributed by atoms with Crippen molar-refractivity contribution in [2.45, 2.75) is 12.4 Å². The number of carbonyl (C=O) groups is 1. The number of carbonyl (C=O) groups excluding carboxylic acids is 1. The number of fused-ring (bicyclic) bond motifs is 1. The molecular weight excluding hydrogens is 335 g/mol. The Balaban J connectivity index is 2.98. The number of halogens is 7. The molecule has 0 fully saturated rings. The molecule has 0 N–H and O–H groups in total. The first-order valence-corrected chi connectivity index (χ1v) is 5.94. The van der Waals surface area contributed by atoms with Gasteiger partial charge in [-0.05, 0) is 6.07 Å². The van der Waals surface area contributed by atoms with Crippen LogP contribution in [0.5, 0.6) is 5.75 Å². The summed E-state index contributed by atoms with van der Waals surface area (Å²) < 4.78 is 95.9. The van der Waals surface area contributed by atoms with Crippen LogP contribution in [-0.2, 0) is 13.2 Å². The smallest absolute Gasteiger partial charge is 0.454 e. The number of methoxy groups -OCH3 is 1. The third-order valence-corrected chi connectivity index (χ3v) is 3.23. The number of ketones is 1. The first-order valence-electron chi connectivity index (χ1n) is 5.94. The fourth-order valence-electron chi connectivity index (χ4n) is 2.30. The first kappa shape index (κ1) is 17.1. The Morgan fingerprint density at radius 3 is 2.13 bits per heavy atom. The van der Waals surface area contributed by atoms with E-state index in [1.807, 2.05) is 0 Å². The lowest BCUT2D eigenvalue weighted by molar-refractivity contribution is -0.143. The minimum atomic E-state index is -5.52. The highest BCUT2D eigenvalue weighted by Gasteiger charge is 2.48. The van der Waals surface area contributed by atoms with Crippen LogP contribution in [0.1, 0.15) is 16.1 Å². The zero-order valence-electron chi connectivity index (χ0n) is 11.6. The summed E-state index contributed by atoms with van der Waals surface area (Å²) in [6.07, 6.45) is -10.8. The molecular formula is C13H8F7NO2. The maximum atomic E-state index is 13.6. The third kappa shape index (κ3) is 2.73. The molecule has 10 heteroatoms. The minimum Gasteiger partial charge on any atom is -0.494 e. The first-order chi connectivity index (χ1) is 10.4. The van der Waals surface area contributed by atoms with Gasteiger partial charge in [0.2, 0.25) is 0 Å². The number of aryl methyl sites for hydroxylation is 1. The summed E-state index contributed by atoms with van der Waals surface area (Å²) in [6.45, 7) is 0. The van der Waals surface area contributed by atoms with E-state index in [1.54, 1.807) is 0 Å². The summed E-state index contributed by atoms with van der Waals surface area (Å²) >= 11 is 0. The van der Waals surface area contributed by atoms with Crippen LogP contribution < -0.4 is 4.74 Å². The van der Waals surface area contributed by atoms with Crippen LogP contribution in [0.25, 0.3) is 10.9 Å². The van der Waals surface area contributed by atoms with E-state index in [2.05, 4.69) is 4.74 Å². The van der Waals surface area contributed by atoms with Crippen LogP contribution in [0.15, 0.2) is 12.1 Å². The normalized spacial score (nSPS) is 12.7. The second kappa shape index (κ2) is 5.14. The van der Waals surface area contributed by atoms with E-state index in [0.717, 1.165) is 14.2 Å². The van der Waals surface area contributed by atoms with E-state index in [4.69, 9.17) is 0 Å². The van der Waals surface area contributed by atoms with Crippen molar-refractivity contribution < 1.29 is 40.3 Å². The van der Waals surface area contributed by atoms with Crippen molar-refractivity contribution in [3.05, 3.63) is 29.2 Å². The Morgan fingerprint density at radius 1 is 1.13 bits per heavy atom. The number of ether oxygens (including phenoxy) is 1. The SMILES string of the molecule is COc1cc2c(C(=O)C(F)(F)F)c(C(F)(F)F)n(C)c2cc1F. The van der Waals surface area contributed by atoms with Crippen LogP contribution in [0, 0.1) is 5.82 Å². The van der Waals surface area contributed by atoms with Crippen molar-refractivity contribution in [1.29, 1.82) is 0 Å². The van der Waals surface area contributed by atoms with Crippen LogP contribution in [0.2, 0.25) is 0 Å². The molecule has 1 aromatic carbocycles. The average molecular weight is 343 g/mol. The van der Waals surface area contributed by atoms with Gasteiger partial charge in [0.25, 0.3) is 5.78 Å². The van der Waals surface area contributed by atoms with Crippen LogP contribution in [-0.4, -0.2) is 23.6 Å². The highest BCUT2D eigenvalue weighted by atomic mass is 19.4. The largest absolute Gasteiger partial charge is 0.494 e. The van der Waals surface area contributed by atoms with Crippen molar-refractivity contribution in [2.75, 3.05) is 7.11 Å². The van der Waals surface area contributed by atoms with E-state index in [0.29, 0.717) is 16.7 Å². The molecule has 0 unspecified atom stereocenters. The Kier molecular flexibility index (Phi) is 3.82. The van der Waals surface area contributed by atoms with Crippen LogP contribution in [0.4, 0.5) is 30.7 Å². The zero-order valence-corrected chi connectivity index (χ0v) is 11.6. The second-order valence-corrected chi connectivity index (χ2v) is 4.61. The lowest BCUT2D eigenvalue weighted by Gasteiger charge is -2.12. The van der Waals surface area contributed by atoms with E-state index in [1.165, 1.54) is 0 Å². The molecule has 0 aliphatic rings. The quantitative estimate of drug-likeness (QED) is 0.608. The number of hydrogen-bond donors (Lipinski definition) is 0. The minimum absolute atomic E-state index is 0.302. The number of Topliss-reactive ketones (excluding diaryl/α,β-unsaturated/α-hetero) is 1. The standard InChI is InChI=1S/C13H8F7NO2/c1-21-7-4-6(14)8(23-2)3-5(7)9(10(21)12(15,16)17)11(22)13(18,19)20/h3-4H,1-2H3. The topological polar surface area (TPSA) is 31.2 Å². The van der Waals surface area contributed by atoms with Gasteiger partial charge in [-0.25, -0.2) is 4.39 Å². The number of alkyl halides is 6. The Bertz CT molecular complexity index is 786. The number of rotatable bonds is 2. The third-order valence-electron chi connectivity index (χ3n) is 3.23. The van der Waals surface area contributed by atoms with Gasteiger partial charge in [-0.15, -0.1) is 0 Å². The average Bonchev–Trinajstić information content (AvgIpc) is 2.68. The summed E-state index contributed by atoms with van der Waals surface area (Å²) in [6, 6.07) is 1.22. The summed E-state index contributed by atoms with van der Waals surface area (Å²) in [4.78, 5) is 11.5. The predicted octanol–water partition coefficient (Wildman–Crippen LogP) is 4.09. The van der Waals surface area contributed by atoms with Crippen molar-refractivity contribution in [3.8, 4) is 5.75 Å². The van der Waals surface area contributed by atoms with Gasteiger partial charge >= 0.3 is 12.4 Å². The number of hydrogen-bond acceptors (Lipinski definition) is 2. The fourth-order valence-corrected chi connectivity index (χ4v) is 2.30.